The van der Waals surface area contributed by atoms with E-state index in [1.807, 2.05) is 0 Å². The van der Waals surface area contributed by atoms with Crippen molar-refractivity contribution in [3.8, 4) is 0 Å². The Bertz CT molecular complexity index is 169. The molecular weight excluding hydrogens is 204 g/mol. The molecule has 0 aromatic rings. The van der Waals surface area contributed by atoms with Gasteiger partial charge < -0.3 is 19.7 Å². The SMILES string of the molecule is CN(CC1CCCNC1)CC1CCOCO1. The summed E-state index contributed by atoms with van der Waals surface area (Å²) in [7, 11) is 2.20. The molecule has 0 aromatic carbocycles. The average Bonchev–Trinajstić information content (AvgIpc) is 2.31. The van der Waals surface area contributed by atoms with Crippen LogP contribution < -0.4 is 5.32 Å². The Balaban J connectivity index is 1.64. The second-order valence-corrected chi connectivity index (χ2v) is 5.04. The lowest BCUT2D eigenvalue weighted by molar-refractivity contribution is -0.143. The second-order valence-electron chi connectivity index (χ2n) is 5.04. The van der Waals surface area contributed by atoms with Crippen LogP contribution in [-0.4, -0.2) is 57.6 Å². The highest BCUT2D eigenvalue weighted by atomic mass is 16.7. The first-order chi connectivity index (χ1) is 7.84. The van der Waals surface area contributed by atoms with Crippen molar-refractivity contribution >= 4 is 0 Å². The van der Waals surface area contributed by atoms with Crippen LogP contribution in [-0.2, 0) is 9.47 Å². The Kier molecular flexibility index (Phi) is 5.03. The highest BCUT2D eigenvalue weighted by molar-refractivity contribution is 4.73. The average molecular weight is 228 g/mol. The van der Waals surface area contributed by atoms with Gasteiger partial charge in [0.15, 0.2) is 0 Å². The van der Waals surface area contributed by atoms with Gasteiger partial charge in [-0.1, -0.05) is 0 Å². The summed E-state index contributed by atoms with van der Waals surface area (Å²) in [6.07, 6.45) is 4.10. The molecule has 4 heteroatoms. The van der Waals surface area contributed by atoms with Crippen LogP contribution in [0, 0.1) is 5.92 Å². The lowest BCUT2D eigenvalue weighted by Gasteiger charge is -2.31. The topological polar surface area (TPSA) is 33.7 Å². The maximum absolute atomic E-state index is 5.56. The third-order valence-electron chi connectivity index (χ3n) is 3.46. The van der Waals surface area contributed by atoms with E-state index in [2.05, 4.69) is 17.3 Å². The van der Waals surface area contributed by atoms with Crippen LogP contribution >= 0.6 is 0 Å². The van der Waals surface area contributed by atoms with Gasteiger partial charge in [0.25, 0.3) is 0 Å². The first-order valence-electron chi connectivity index (χ1n) is 6.43. The number of rotatable bonds is 4. The molecule has 4 nitrogen and oxygen atoms in total. The smallest absolute Gasteiger partial charge is 0.147 e. The summed E-state index contributed by atoms with van der Waals surface area (Å²) in [4.78, 5) is 2.41. The molecule has 94 valence electrons. The monoisotopic (exact) mass is 228 g/mol. The molecule has 0 aromatic heterocycles. The lowest BCUT2D eigenvalue weighted by atomic mass is 9.99. The van der Waals surface area contributed by atoms with E-state index in [0.717, 1.165) is 25.5 Å². The van der Waals surface area contributed by atoms with Gasteiger partial charge in [-0.15, -0.1) is 0 Å². The van der Waals surface area contributed by atoms with Crippen molar-refractivity contribution in [2.75, 3.05) is 46.6 Å². The lowest BCUT2D eigenvalue weighted by Crippen LogP contribution is -2.41. The molecule has 2 atom stereocenters. The van der Waals surface area contributed by atoms with Crippen molar-refractivity contribution in [1.29, 1.82) is 0 Å². The summed E-state index contributed by atoms with van der Waals surface area (Å²) in [6, 6.07) is 0. The number of hydrogen-bond acceptors (Lipinski definition) is 4. The van der Waals surface area contributed by atoms with E-state index < -0.39 is 0 Å². The van der Waals surface area contributed by atoms with Crippen LogP contribution in [0.2, 0.25) is 0 Å². The third kappa shape index (κ3) is 4.01. The number of likely N-dealkylation sites (N-methyl/N-ethyl adjacent to an activating group) is 1. The number of ether oxygens (including phenoxy) is 2. The molecule has 2 aliphatic heterocycles. The molecule has 2 rings (SSSR count). The van der Waals surface area contributed by atoms with Crippen molar-refractivity contribution < 1.29 is 9.47 Å². The first kappa shape index (κ1) is 12.3. The van der Waals surface area contributed by atoms with Crippen LogP contribution in [0.25, 0.3) is 0 Å². The van der Waals surface area contributed by atoms with Crippen LogP contribution in [0.3, 0.4) is 0 Å². The predicted octanol–water partition coefficient (Wildman–Crippen LogP) is 0.681. The van der Waals surface area contributed by atoms with Gasteiger partial charge in [0.1, 0.15) is 6.79 Å². The quantitative estimate of drug-likeness (QED) is 0.767. The van der Waals surface area contributed by atoms with Gasteiger partial charge in [-0.2, -0.15) is 0 Å². The van der Waals surface area contributed by atoms with Crippen LogP contribution in [0.5, 0.6) is 0 Å². The van der Waals surface area contributed by atoms with Crippen LogP contribution in [0.1, 0.15) is 19.3 Å². The number of nitrogens with zero attached hydrogens (tertiary/aromatic N) is 1. The van der Waals surface area contributed by atoms with Gasteiger partial charge in [-0.05, 0) is 45.3 Å². The van der Waals surface area contributed by atoms with E-state index in [0.29, 0.717) is 12.9 Å². The van der Waals surface area contributed by atoms with E-state index in [9.17, 15) is 0 Å². The molecule has 2 unspecified atom stereocenters. The minimum atomic E-state index is 0.371. The van der Waals surface area contributed by atoms with Crippen molar-refractivity contribution in [1.82, 2.24) is 10.2 Å². The normalized spacial score (nSPS) is 31.9. The number of piperidine rings is 1. The molecule has 0 bridgehead atoms. The molecule has 0 aliphatic carbocycles. The summed E-state index contributed by atoms with van der Waals surface area (Å²) in [5.41, 5.74) is 0. The summed E-state index contributed by atoms with van der Waals surface area (Å²) >= 11 is 0. The van der Waals surface area contributed by atoms with Crippen molar-refractivity contribution in [2.24, 2.45) is 5.92 Å². The van der Waals surface area contributed by atoms with Gasteiger partial charge in [-0.3, -0.25) is 0 Å². The molecule has 0 amide bonds. The van der Waals surface area contributed by atoms with Gasteiger partial charge in [-0.25, -0.2) is 0 Å². The predicted molar refractivity (Wildman–Crippen MR) is 63.4 cm³/mol. The number of hydrogen-bond donors (Lipinski definition) is 1. The molecule has 0 spiro atoms. The molecular formula is C12H24N2O2. The van der Waals surface area contributed by atoms with E-state index in [1.54, 1.807) is 0 Å². The maximum atomic E-state index is 5.56. The third-order valence-corrected chi connectivity index (χ3v) is 3.46. The minimum absolute atomic E-state index is 0.371. The van der Waals surface area contributed by atoms with Crippen molar-refractivity contribution in [2.45, 2.75) is 25.4 Å². The van der Waals surface area contributed by atoms with Gasteiger partial charge >= 0.3 is 0 Å². The fourth-order valence-electron chi connectivity index (χ4n) is 2.59. The van der Waals surface area contributed by atoms with Gasteiger partial charge in [0.2, 0.25) is 0 Å². The van der Waals surface area contributed by atoms with Crippen LogP contribution in [0.15, 0.2) is 0 Å². The Morgan fingerprint density at radius 1 is 1.31 bits per heavy atom. The Labute approximate surface area is 98.3 Å². The summed E-state index contributed by atoms with van der Waals surface area (Å²) in [6.45, 7) is 5.93. The number of nitrogens with one attached hydrogen (secondary N) is 1. The minimum Gasteiger partial charge on any atom is -0.355 e. The maximum Gasteiger partial charge on any atom is 0.147 e. The van der Waals surface area contributed by atoms with Gasteiger partial charge in [0.05, 0.1) is 12.7 Å². The Morgan fingerprint density at radius 2 is 2.25 bits per heavy atom. The summed E-state index contributed by atoms with van der Waals surface area (Å²) in [5.74, 6) is 0.818. The molecule has 2 saturated heterocycles. The summed E-state index contributed by atoms with van der Waals surface area (Å²) < 4.78 is 10.7. The standard InChI is InChI=1S/C12H24N2O2/c1-14(8-11-3-2-5-13-7-11)9-12-4-6-15-10-16-12/h11-13H,2-10H2,1H3. The molecule has 16 heavy (non-hydrogen) atoms. The Hall–Kier alpha value is -0.160. The zero-order valence-electron chi connectivity index (χ0n) is 10.3. The van der Waals surface area contributed by atoms with Crippen molar-refractivity contribution in [3.05, 3.63) is 0 Å². The highest BCUT2D eigenvalue weighted by Crippen LogP contribution is 2.13. The Morgan fingerprint density at radius 3 is 2.94 bits per heavy atom. The molecule has 1 N–H and O–H groups in total. The zero-order chi connectivity index (χ0) is 11.2. The second kappa shape index (κ2) is 6.55. The van der Waals surface area contributed by atoms with Gasteiger partial charge in [0, 0.05) is 13.1 Å². The largest absolute Gasteiger partial charge is 0.355 e. The van der Waals surface area contributed by atoms with E-state index in [4.69, 9.17) is 9.47 Å². The van der Waals surface area contributed by atoms with Crippen molar-refractivity contribution in [3.63, 3.8) is 0 Å². The van der Waals surface area contributed by atoms with Crippen LogP contribution in [0.4, 0.5) is 0 Å². The fourth-order valence-corrected chi connectivity index (χ4v) is 2.59. The molecule has 2 fully saturated rings. The molecule has 0 radical (unpaired) electrons. The van der Waals surface area contributed by atoms with E-state index in [1.165, 1.54) is 32.5 Å². The molecule has 0 saturated carbocycles. The molecule has 2 heterocycles. The highest BCUT2D eigenvalue weighted by Gasteiger charge is 2.19. The van der Waals surface area contributed by atoms with E-state index >= 15 is 0 Å². The van der Waals surface area contributed by atoms with E-state index in [-0.39, 0.29) is 0 Å². The molecule has 2 aliphatic rings. The summed E-state index contributed by atoms with van der Waals surface area (Å²) in [5, 5.41) is 3.47. The fraction of sp³-hybridized carbons (Fsp3) is 1.00. The first-order valence-corrected chi connectivity index (χ1v) is 6.43. The zero-order valence-corrected chi connectivity index (χ0v) is 10.3.